The Morgan fingerprint density at radius 2 is 2.00 bits per heavy atom. The van der Waals surface area contributed by atoms with Crippen molar-refractivity contribution in [3.8, 4) is 0 Å². The van der Waals surface area contributed by atoms with Gasteiger partial charge >= 0.3 is 0 Å². The van der Waals surface area contributed by atoms with E-state index in [9.17, 15) is 5.11 Å². The van der Waals surface area contributed by atoms with E-state index in [-0.39, 0.29) is 6.10 Å². The number of aryl methyl sites for hydroxylation is 3. The molecular formula is C12H15NO. The van der Waals surface area contributed by atoms with Crippen LogP contribution in [-0.2, 0) is 19.3 Å². The van der Waals surface area contributed by atoms with Gasteiger partial charge in [0.25, 0.3) is 0 Å². The van der Waals surface area contributed by atoms with Crippen molar-refractivity contribution in [1.82, 2.24) is 4.98 Å². The minimum absolute atomic E-state index is 0.294. The van der Waals surface area contributed by atoms with E-state index in [2.05, 4.69) is 11.1 Å². The van der Waals surface area contributed by atoms with Crippen LogP contribution in [0.2, 0.25) is 0 Å². The van der Waals surface area contributed by atoms with Gasteiger partial charge in [-0.3, -0.25) is 4.98 Å². The summed E-state index contributed by atoms with van der Waals surface area (Å²) in [6.07, 6.45) is 6.44. The van der Waals surface area contributed by atoms with Crippen LogP contribution in [0.5, 0.6) is 0 Å². The van der Waals surface area contributed by atoms with E-state index in [1.165, 1.54) is 36.1 Å². The second-order valence-corrected chi connectivity index (χ2v) is 4.40. The van der Waals surface area contributed by atoms with Gasteiger partial charge in [-0.2, -0.15) is 0 Å². The standard InChI is InChI=1S/C12H15NO/c14-11-6-5-9-7-8-3-1-2-4-10(8)13-12(9)11/h7,11,14H,1-6H2. The third-order valence-corrected chi connectivity index (χ3v) is 3.42. The van der Waals surface area contributed by atoms with Gasteiger partial charge in [0.2, 0.25) is 0 Å². The fourth-order valence-corrected chi connectivity index (χ4v) is 2.62. The average Bonchev–Trinajstić information content (AvgIpc) is 2.57. The smallest absolute Gasteiger partial charge is 0.0965 e. The minimum Gasteiger partial charge on any atom is -0.387 e. The molecule has 2 heteroatoms. The Kier molecular flexibility index (Phi) is 1.84. The summed E-state index contributed by atoms with van der Waals surface area (Å²) in [5, 5.41) is 9.72. The van der Waals surface area contributed by atoms with Gasteiger partial charge in [0.1, 0.15) is 0 Å². The molecular weight excluding hydrogens is 174 g/mol. The van der Waals surface area contributed by atoms with Crippen LogP contribution >= 0.6 is 0 Å². The van der Waals surface area contributed by atoms with Crippen molar-refractivity contribution in [3.63, 3.8) is 0 Å². The van der Waals surface area contributed by atoms with Crippen molar-refractivity contribution < 1.29 is 5.11 Å². The van der Waals surface area contributed by atoms with Crippen molar-refractivity contribution >= 4 is 0 Å². The average molecular weight is 189 g/mol. The Labute approximate surface area is 84.0 Å². The predicted molar refractivity (Wildman–Crippen MR) is 54.2 cm³/mol. The van der Waals surface area contributed by atoms with Crippen molar-refractivity contribution in [3.05, 3.63) is 28.6 Å². The zero-order valence-corrected chi connectivity index (χ0v) is 8.29. The summed E-state index contributed by atoms with van der Waals surface area (Å²) in [4.78, 5) is 4.62. The lowest BCUT2D eigenvalue weighted by Crippen LogP contribution is -2.08. The van der Waals surface area contributed by atoms with Crippen LogP contribution in [-0.4, -0.2) is 10.1 Å². The fourth-order valence-electron chi connectivity index (χ4n) is 2.62. The van der Waals surface area contributed by atoms with E-state index in [4.69, 9.17) is 0 Å². The van der Waals surface area contributed by atoms with Crippen LogP contribution in [0.15, 0.2) is 6.07 Å². The molecule has 0 aromatic carbocycles. The quantitative estimate of drug-likeness (QED) is 0.676. The van der Waals surface area contributed by atoms with Crippen LogP contribution in [0.25, 0.3) is 0 Å². The van der Waals surface area contributed by atoms with E-state index in [1.807, 2.05) is 0 Å². The molecule has 2 aliphatic carbocycles. The predicted octanol–water partition coefficient (Wildman–Crippen LogP) is 1.94. The largest absolute Gasteiger partial charge is 0.387 e. The molecule has 2 aliphatic rings. The summed E-state index contributed by atoms with van der Waals surface area (Å²) >= 11 is 0. The van der Waals surface area contributed by atoms with Crippen molar-refractivity contribution in [2.24, 2.45) is 0 Å². The minimum atomic E-state index is -0.294. The molecule has 0 aliphatic heterocycles. The number of fused-ring (bicyclic) bond motifs is 2. The Hall–Kier alpha value is -0.890. The molecule has 1 heterocycles. The molecule has 0 amide bonds. The second kappa shape index (κ2) is 3.06. The third-order valence-electron chi connectivity index (χ3n) is 3.42. The fraction of sp³-hybridized carbons (Fsp3) is 0.583. The number of aliphatic hydroxyl groups is 1. The maximum absolute atomic E-state index is 9.72. The number of hydrogen-bond acceptors (Lipinski definition) is 2. The molecule has 3 rings (SSSR count). The number of hydrogen-bond donors (Lipinski definition) is 1. The maximum atomic E-state index is 9.72. The summed E-state index contributed by atoms with van der Waals surface area (Å²) in [5.41, 5.74) is 4.93. The van der Waals surface area contributed by atoms with E-state index < -0.39 is 0 Å². The third kappa shape index (κ3) is 1.17. The topological polar surface area (TPSA) is 33.1 Å². The Morgan fingerprint density at radius 3 is 2.93 bits per heavy atom. The monoisotopic (exact) mass is 189 g/mol. The molecule has 0 spiro atoms. The lowest BCUT2D eigenvalue weighted by molar-refractivity contribution is 0.175. The molecule has 0 saturated heterocycles. The first kappa shape index (κ1) is 8.42. The Bertz CT molecular complexity index is 372. The number of pyridine rings is 1. The van der Waals surface area contributed by atoms with Gasteiger partial charge < -0.3 is 5.11 Å². The van der Waals surface area contributed by atoms with Gasteiger partial charge in [-0.25, -0.2) is 0 Å². The number of rotatable bonds is 0. The van der Waals surface area contributed by atoms with Crippen LogP contribution in [0.1, 0.15) is 47.9 Å². The van der Waals surface area contributed by atoms with Crippen LogP contribution in [0, 0.1) is 0 Å². The number of nitrogens with zero attached hydrogens (tertiary/aromatic N) is 1. The molecule has 0 saturated carbocycles. The van der Waals surface area contributed by atoms with E-state index in [0.717, 1.165) is 25.0 Å². The van der Waals surface area contributed by atoms with Crippen molar-refractivity contribution in [1.29, 1.82) is 0 Å². The highest BCUT2D eigenvalue weighted by Crippen LogP contribution is 2.32. The maximum Gasteiger partial charge on any atom is 0.0965 e. The molecule has 2 nitrogen and oxygen atoms in total. The first-order valence-corrected chi connectivity index (χ1v) is 5.54. The van der Waals surface area contributed by atoms with Gasteiger partial charge in [-0.05, 0) is 49.7 Å². The molecule has 1 atom stereocenters. The second-order valence-electron chi connectivity index (χ2n) is 4.40. The van der Waals surface area contributed by atoms with E-state index in [1.54, 1.807) is 0 Å². The van der Waals surface area contributed by atoms with E-state index in [0.29, 0.717) is 0 Å². The van der Waals surface area contributed by atoms with Crippen LogP contribution < -0.4 is 0 Å². The molecule has 1 N–H and O–H groups in total. The summed E-state index contributed by atoms with van der Waals surface area (Å²) in [6.45, 7) is 0. The highest BCUT2D eigenvalue weighted by atomic mass is 16.3. The summed E-state index contributed by atoms with van der Waals surface area (Å²) in [6, 6.07) is 2.28. The van der Waals surface area contributed by atoms with Gasteiger partial charge in [0.05, 0.1) is 11.8 Å². The lowest BCUT2D eigenvalue weighted by atomic mass is 9.94. The van der Waals surface area contributed by atoms with E-state index >= 15 is 0 Å². The van der Waals surface area contributed by atoms with Crippen molar-refractivity contribution in [2.45, 2.75) is 44.6 Å². The highest BCUT2D eigenvalue weighted by Gasteiger charge is 2.24. The number of aliphatic hydroxyl groups excluding tert-OH is 1. The summed E-state index contributed by atoms with van der Waals surface area (Å²) in [7, 11) is 0. The molecule has 0 radical (unpaired) electrons. The van der Waals surface area contributed by atoms with Gasteiger partial charge in [0.15, 0.2) is 0 Å². The molecule has 1 aromatic rings. The summed E-state index contributed by atoms with van der Waals surface area (Å²) in [5.74, 6) is 0. The molecule has 14 heavy (non-hydrogen) atoms. The zero-order chi connectivity index (χ0) is 9.54. The Balaban J connectivity index is 2.11. The van der Waals surface area contributed by atoms with Crippen molar-refractivity contribution in [2.75, 3.05) is 0 Å². The number of aromatic nitrogens is 1. The van der Waals surface area contributed by atoms with Gasteiger partial charge in [0, 0.05) is 5.69 Å². The van der Waals surface area contributed by atoms with Crippen LogP contribution in [0.3, 0.4) is 0 Å². The summed E-state index contributed by atoms with van der Waals surface area (Å²) < 4.78 is 0. The highest BCUT2D eigenvalue weighted by molar-refractivity contribution is 5.35. The SMILES string of the molecule is OC1CCc2cc3c(nc21)CCCC3. The van der Waals surface area contributed by atoms with Gasteiger partial charge in [-0.1, -0.05) is 6.07 Å². The normalized spacial score (nSPS) is 24.5. The van der Waals surface area contributed by atoms with Gasteiger partial charge in [-0.15, -0.1) is 0 Å². The van der Waals surface area contributed by atoms with Crippen LogP contribution in [0.4, 0.5) is 0 Å². The molecule has 1 aromatic heterocycles. The lowest BCUT2D eigenvalue weighted by Gasteiger charge is -2.16. The Morgan fingerprint density at radius 1 is 1.14 bits per heavy atom. The first-order chi connectivity index (χ1) is 6.84. The molecule has 1 unspecified atom stereocenters. The molecule has 0 fully saturated rings. The molecule has 0 bridgehead atoms. The zero-order valence-electron chi connectivity index (χ0n) is 8.29. The molecule has 74 valence electrons. The first-order valence-electron chi connectivity index (χ1n) is 5.54.